The van der Waals surface area contributed by atoms with Gasteiger partial charge in [-0.2, -0.15) is 0 Å². The zero-order valence-electron chi connectivity index (χ0n) is 21.6. The Balaban J connectivity index is 1.41. The lowest BCUT2D eigenvalue weighted by Gasteiger charge is -2.43. The molecular formula is C28H27Cl2N3O6S. The number of hydrogen-bond acceptors (Lipinski definition) is 6. The Hall–Kier alpha value is -3.05. The number of thioether (sulfide) groups is 1. The Labute approximate surface area is 245 Å². The Morgan fingerprint density at radius 2 is 1.77 bits per heavy atom. The van der Waals surface area contributed by atoms with Gasteiger partial charge >= 0.3 is 11.9 Å². The molecule has 3 aliphatic rings. The van der Waals surface area contributed by atoms with Crippen LogP contribution in [-0.4, -0.2) is 67.6 Å². The van der Waals surface area contributed by atoms with Gasteiger partial charge in [-0.05, 0) is 36.2 Å². The van der Waals surface area contributed by atoms with Crippen LogP contribution in [0.1, 0.15) is 36.2 Å². The molecule has 210 valence electrons. The van der Waals surface area contributed by atoms with Crippen molar-refractivity contribution in [1.29, 1.82) is 0 Å². The van der Waals surface area contributed by atoms with Crippen molar-refractivity contribution < 1.29 is 29.4 Å². The van der Waals surface area contributed by atoms with Crippen molar-refractivity contribution in [2.24, 2.45) is 11.8 Å². The molecule has 5 rings (SSSR count). The average Bonchev–Trinajstić information content (AvgIpc) is 3.43. The molecule has 0 aliphatic carbocycles. The van der Waals surface area contributed by atoms with Crippen LogP contribution >= 0.6 is 35.0 Å². The number of hydrogen-bond donors (Lipinski definition) is 3. The molecule has 2 fully saturated rings. The molecule has 0 radical (unpaired) electrons. The fraction of sp³-hybridized carbons (Fsp3) is 0.357. The molecule has 2 saturated heterocycles. The van der Waals surface area contributed by atoms with Crippen molar-refractivity contribution in [1.82, 2.24) is 9.80 Å². The van der Waals surface area contributed by atoms with Gasteiger partial charge in [0.05, 0.1) is 33.6 Å². The zero-order valence-corrected chi connectivity index (χ0v) is 24.0. The molecule has 2 unspecified atom stereocenters. The monoisotopic (exact) mass is 603 g/mol. The van der Waals surface area contributed by atoms with Gasteiger partial charge < -0.3 is 20.4 Å². The third-order valence-corrected chi connectivity index (χ3v) is 10.1. The smallest absolute Gasteiger partial charge is 0.353 e. The second kappa shape index (κ2) is 11.1. The first kappa shape index (κ1) is 28.5. The normalized spacial score (nSPS) is 26.1. The Morgan fingerprint density at radius 3 is 2.48 bits per heavy atom. The summed E-state index contributed by atoms with van der Waals surface area (Å²) in [5.41, 5.74) is 1.19. The Bertz CT molecular complexity index is 1450. The van der Waals surface area contributed by atoms with Gasteiger partial charge in [0.1, 0.15) is 5.70 Å². The first-order valence-corrected chi connectivity index (χ1v) is 14.4. The molecule has 3 heterocycles. The zero-order chi connectivity index (χ0) is 28.9. The second-order valence-corrected chi connectivity index (χ2v) is 12.4. The summed E-state index contributed by atoms with van der Waals surface area (Å²) in [6.07, 6.45) is 0.407. The summed E-state index contributed by atoms with van der Waals surface area (Å²) < 4.78 is 0. The predicted molar refractivity (Wildman–Crippen MR) is 152 cm³/mol. The van der Waals surface area contributed by atoms with E-state index < -0.39 is 18.0 Å². The maximum absolute atomic E-state index is 13.5. The summed E-state index contributed by atoms with van der Waals surface area (Å²) in [7, 11) is 0. The number of benzene rings is 2. The number of aliphatic carboxylic acids is 1. The van der Waals surface area contributed by atoms with E-state index in [9.17, 15) is 29.4 Å². The highest BCUT2D eigenvalue weighted by molar-refractivity contribution is 8.03. The molecule has 9 nitrogen and oxygen atoms in total. The van der Waals surface area contributed by atoms with Gasteiger partial charge in [-0.25, -0.2) is 9.59 Å². The number of anilines is 1. The number of fused-ring (bicyclic) bond motifs is 1. The molecule has 2 aromatic carbocycles. The van der Waals surface area contributed by atoms with E-state index in [1.807, 2.05) is 24.8 Å². The number of carboxylic acid groups (broad SMARTS) is 2. The minimum absolute atomic E-state index is 0.0356. The van der Waals surface area contributed by atoms with Crippen molar-refractivity contribution in [3.8, 4) is 0 Å². The standard InChI is InChI=1S/C28H27Cl2N3O6S/c1-13-22-14(2)26(35)33(22)23(28(38)39)24(13)40-18-10-20(25(34)31-17-7-3-5-15(9-17)27(36)37)32(12-18)11-16-6-4-8-19(29)21(16)30/h3-9,13-14,18,20,22H,10-12H2,1-2H3,(H,31,34)(H,36,37)(H,38,39)/t13?,14-,18+,20+,22?/m1/s1. The van der Waals surface area contributed by atoms with Crippen molar-refractivity contribution >= 4 is 64.4 Å². The van der Waals surface area contributed by atoms with Crippen LogP contribution in [0.3, 0.4) is 0 Å². The molecule has 40 heavy (non-hydrogen) atoms. The summed E-state index contributed by atoms with van der Waals surface area (Å²) in [4.78, 5) is 53.6. The highest BCUT2D eigenvalue weighted by Crippen LogP contribution is 2.51. The third kappa shape index (κ3) is 5.09. The minimum Gasteiger partial charge on any atom is -0.478 e. The fourth-order valence-corrected chi connectivity index (χ4v) is 7.78. The maximum atomic E-state index is 13.5. The minimum atomic E-state index is -1.13. The van der Waals surface area contributed by atoms with Crippen LogP contribution < -0.4 is 5.32 Å². The average molecular weight is 605 g/mol. The fourth-order valence-electron chi connectivity index (χ4n) is 5.85. The first-order valence-electron chi connectivity index (χ1n) is 12.8. The molecule has 3 aliphatic heterocycles. The first-order chi connectivity index (χ1) is 19.0. The van der Waals surface area contributed by atoms with E-state index in [1.54, 1.807) is 24.3 Å². The lowest BCUT2D eigenvalue weighted by Crippen LogP contribution is -2.59. The topological polar surface area (TPSA) is 127 Å². The van der Waals surface area contributed by atoms with Crippen LogP contribution in [-0.2, 0) is 20.9 Å². The van der Waals surface area contributed by atoms with Gasteiger partial charge in [0, 0.05) is 34.8 Å². The van der Waals surface area contributed by atoms with E-state index >= 15 is 0 Å². The van der Waals surface area contributed by atoms with Crippen molar-refractivity contribution in [2.75, 3.05) is 11.9 Å². The maximum Gasteiger partial charge on any atom is 0.353 e. The summed E-state index contributed by atoms with van der Waals surface area (Å²) in [5, 5.41) is 22.8. The van der Waals surface area contributed by atoms with Gasteiger partial charge in [-0.1, -0.05) is 55.2 Å². The molecular weight excluding hydrogens is 577 g/mol. The summed E-state index contributed by atoms with van der Waals surface area (Å²) in [5.74, 6) is -3.11. The number of likely N-dealkylation sites (tertiary alicyclic amines) is 1. The number of nitrogens with one attached hydrogen (secondary N) is 1. The summed E-state index contributed by atoms with van der Waals surface area (Å²) >= 11 is 14.1. The van der Waals surface area contributed by atoms with Crippen LogP contribution in [0.4, 0.5) is 5.69 Å². The number of amides is 2. The van der Waals surface area contributed by atoms with E-state index in [-0.39, 0.29) is 46.2 Å². The van der Waals surface area contributed by atoms with Gasteiger partial charge in [0.2, 0.25) is 11.8 Å². The van der Waals surface area contributed by atoms with Crippen LogP contribution in [0.5, 0.6) is 0 Å². The van der Waals surface area contributed by atoms with Crippen LogP contribution in [0, 0.1) is 11.8 Å². The van der Waals surface area contributed by atoms with Crippen LogP contribution in [0.2, 0.25) is 10.0 Å². The molecule has 3 N–H and O–H groups in total. The number of nitrogens with zero attached hydrogens (tertiary/aromatic N) is 2. The number of carbonyl (C=O) groups is 4. The van der Waals surface area contributed by atoms with Crippen molar-refractivity contribution in [2.45, 2.75) is 44.1 Å². The highest BCUT2D eigenvalue weighted by atomic mass is 35.5. The van der Waals surface area contributed by atoms with E-state index in [0.717, 1.165) is 5.56 Å². The summed E-state index contributed by atoms with van der Waals surface area (Å²) in [6, 6.07) is 10.5. The molecule has 0 saturated carbocycles. The van der Waals surface area contributed by atoms with E-state index in [1.165, 1.54) is 28.8 Å². The predicted octanol–water partition coefficient (Wildman–Crippen LogP) is 4.80. The van der Waals surface area contributed by atoms with Crippen LogP contribution in [0.25, 0.3) is 0 Å². The van der Waals surface area contributed by atoms with Crippen molar-refractivity contribution in [3.63, 3.8) is 0 Å². The van der Waals surface area contributed by atoms with Crippen LogP contribution in [0.15, 0.2) is 53.1 Å². The summed E-state index contributed by atoms with van der Waals surface area (Å²) in [6.45, 7) is 4.54. The number of carbonyl (C=O) groups excluding carboxylic acids is 2. The van der Waals surface area contributed by atoms with E-state index in [0.29, 0.717) is 40.1 Å². The molecule has 0 spiro atoms. The molecule has 2 aromatic rings. The van der Waals surface area contributed by atoms with Gasteiger partial charge in [0.15, 0.2) is 0 Å². The van der Waals surface area contributed by atoms with Gasteiger partial charge in [0.25, 0.3) is 0 Å². The Morgan fingerprint density at radius 1 is 1.05 bits per heavy atom. The molecule has 2 amide bonds. The number of carboxylic acids is 2. The molecule has 5 atom stereocenters. The van der Waals surface area contributed by atoms with E-state index in [2.05, 4.69) is 5.32 Å². The lowest BCUT2D eigenvalue weighted by atomic mass is 9.84. The Kier molecular flexibility index (Phi) is 7.89. The lowest BCUT2D eigenvalue weighted by molar-refractivity contribution is -0.155. The number of β-lactam (4-membered cyclic amide) rings is 1. The number of halogens is 2. The quantitative estimate of drug-likeness (QED) is 0.367. The SMILES string of the molecule is CC1C(S[C@H]2C[C@@H](C(=O)Nc3cccc(C(=O)O)c3)N(Cc3cccc(Cl)c3Cl)C2)=C(C(=O)O)N2C(=O)[C@H](C)C12. The molecule has 0 bridgehead atoms. The van der Waals surface area contributed by atoms with Gasteiger partial charge in [-0.3, -0.25) is 14.5 Å². The molecule has 12 heteroatoms. The van der Waals surface area contributed by atoms with Gasteiger partial charge in [-0.15, -0.1) is 11.8 Å². The largest absolute Gasteiger partial charge is 0.478 e. The third-order valence-electron chi connectivity index (χ3n) is 7.78. The molecule has 0 aromatic heterocycles. The number of aromatic carboxylic acids is 1. The highest BCUT2D eigenvalue weighted by Gasteiger charge is 2.57. The second-order valence-electron chi connectivity index (χ2n) is 10.3. The van der Waals surface area contributed by atoms with E-state index in [4.69, 9.17) is 23.2 Å². The van der Waals surface area contributed by atoms with Crippen molar-refractivity contribution in [3.05, 3.63) is 74.2 Å². The number of rotatable bonds is 8.